The van der Waals surface area contributed by atoms with Crippen LogP contribution in [-0.4, -0.2) is 18.6 Å². The summed E-state index contributed by atoms with van der Waals surface area (Å²) in [7, 11) is 0. The summed E-state index contributed by atoms with van der Waals surface area (Å²) >= 11 is 0. The Morgan fingerprint density at radius 2 is 1.94 bits per heavy atom. The average Bonchev–Trinajstić information content (AvgIpc) is 2.16. The molecule has 96 valence electrons. The number of hydrogen-bond donors (Lipinski definition) is 2. The smallest absolute Gasteiger partial charge is 0.0330 e. The molecule has 3 N–H and O–H groups in total. The first-order valence-electron chi connectivity index (χ1n) is 6.76. The number of nitrogens with two attached hydrogens (primary N) is 1. The van der Waals surface area contributed by atoms with E-state index in [1.807, 2.05) is 0 Å². The van der Waals surface area contributed by atoms with Gasteiger partial charge in [-0.2, -0.15) is 0 Å². The number of nitrogens with one attached hydrogen (secondary N) is 1. The lowest BCUT2D eigenvalue weighted by Crippen LogP contribution is -2.59. The van der Waals surface area contributed by atoms with Crippen LogP contribution < -0.4 is 11.1 Å². The van der Waals surface area contributed by atoms with Crippen LogP contribution in [0.3, 0.4) is 0 Å². The molecule has 0 aliphatic heterocycles. The Bertz CT molecular complexity index is 219. The van der Waals surface area contributed by atoms with Gasteiger partial charge in [-0.3, -0.25) is 0 Å². The largest absolute Gasteiger partial charge is 0.329 e. The summed E-state index contributed by atoms with van der Waals surface area (Å²) in [4.78, 5) is 0. The summed E-state index contributed by atoms with van der Waals surface area (Å²) in [5.41, 5.74) is 6.73. The minimum atomic E-state index is 0.194. The van der Waals surface area contributed by atoms with Gasteiger partial charge in [0.2, 0.25) is 0 Å². The molecule has 1 aliphatic carbocycles. The third-order valence-corrected chi connectivity index (χ3v) is 4.28. The highest BCUT2D eigenvalue weighted by atomic mass is 15.0. The van der Waals surface area contributed by atoms with Crippen LogP contribution in [0, 0.1) is 17.3 Å². The molecule has 0 amide bonds. The highest BCUT2D eigenvalue weighted by Crippen LogP contribution is 2.43. The summed E-state index contributed by atoms with van der Waals surface area (Å²) in [6.07, 6.45) is 3.80. The standard InChI is InChI=1S/C14H30N2/c1-11(2)9-16-14(10-15)7-6-13(4,5)8-12(14)3/h11-12,16H,6-10,15H2,1-5H3. The van der Waals surface area contributed by atoms with E-state index in [0.29, 0.717) is 17.3 Å². The number of rotatable bonds is 4. The Morgan fingerprint density at radius 1 is 1.31 bits per heavy atom. The second-order valence-electron chi connectivity index (χ2n) is 6.90. The summed E-state index contributed by atoms with van der Waals surface area (Å²) in [5.74, 6) is 1.38. The molecule has 0 saturated heterocycles. The maximum Gasteiger partial charge on any atom is 0.0330 e. The van der Waals surface area contributed by atoms with Crippen molar-refractivity contribution in [3.8, 4) is 0 Å². The quantitative estimate of drug-likeness (QED) is 0.773. The summed E-state index contributed by atoms with van der Waals surface area (Å²) in [6.45, 7) is 13.5. The number of hydrogen-bond acceptors (Lipinski definition) is 2. The SMILES string of the molecule is CC(C)CNC1(CN)CCC(C)(C)CC1C. The van der Waals surface area contributed by atoms with Crippen molar-refractivity contribution in [2.45, 2.75) is 59.4 Å². The van der Waals surface area contributed by atoms with Crippen LogP contribution in [0.25, 0.3) is 0 Å². The second-order valence-corrected chi connectivity index (χ2v) is 6.90. The Morgan fingerprint density at radius 3 is 2.38 bits per heavy atom. The molecule has 2 unspecified atom stereocenters. The lowest BCUT2D eigenvalue weighted by molar-refractivity contribution is 0.0768. The second kappa shape index (κ2) is 5.05. The fraction of sp³-hybridized carbons (Fsp3) is 1.00. The van der Waals surface area contributed by atoms with Gasteiger partial charge < -0.3 is 11.1 Å². The first kappa shape index (κ1) is 14.0. The Balaban J connectivity index is 2.66. The molecular formula is C14H30N2. The molecule has 0 aromatic rings. The third kappa shape index (κ3) is 3.21. The highest BCUT2D eigenvalue weighted by Gasteiger charge is 2.42. The van der Waals surface area contributed by atoms with Crippen molar-refractivity contribution >= 4 is 0 Å². The van der Waals surface area contributed by atoms with Gasteiger partial charge in [-0.15, -0.1) is 0 Å². The van der Waals surface area contributed by atoms with Crippen LogP contribution in [0.15, 0.2) is 0 Å². The van der Waals surface area contributed by atoms with Gasteiger partial charge in [0, 0.05) is 12.1 Å². The highest BCUT2D eigenvalue weighted by molar-refractivity contribution is 5.00. The molecule has 0 aromatic carbocycles. The maximum absolute atomic E-state index is 6.04. The van der Waals surface area contributed by atoms with Crippen molar-refractivity contribution in [1.29, 1.82) is 0 Å². The van der Waals surface area contributed by atoms with Crippen LogP contribution in [-0.2, 0) is 0 Å². The molecule has 2 nitrogen and oxygen atoms in total. The van der Waals surface area contributed by atoms with Gasteiger partial charge in [-0.25, -0.2) is 0 Å². The fourth-order valence-electron chi connectivity index (χ4n) is 2.98. The minimum absolute atomic E-state index is 0.194. The molecule has 0 spiro atoms. The Kier molecular flexibility index (Phi) is 4.42. The summed E-state index contributed by atoms with van der Waals surface area (Å²) in [6, 6.07) is 0. The van der Waals surface area contributed by atoms with Gasteiger partial charge in [0.05, 0.1) is 0 Å². The van der Waals surface area contributed by atoms with E-state index in [9.17, 15) is 0 Å². The molecule has 16 heavy (non-hydrogen) atoms. The normalized spacial score (nSPS) is 34.3. The molecule has 1 aliphatic rings. The Hall–Kier alpha value is -0.0800. The Labute approximate surface area is 101 Å². The summed E-state index contributed by atoms with van der Waals surface area (Å²) < 4.78 is 0. The van der Waals surface area contributed by atoms with Crippen LogP contribution >= 0.6 is 0 Å². The lowest BCUT2D eigenvalue weighted by Gasteiger charge is -2.49. The summed E-state index contributed by atoms with van der Waals surface area (Å²) in [5, 5.41) is 3.75. The zero-order valence-corrected chi connectivity index (χ0v) is 11.8. The molecule has 2 heteroatoms. The molecule has 0 heterocycles. The fourth-order valence-corrected chi connectivity index (χ4v) is 2.98. The van der Waals surface area contributed by atoms with Crippen LogP contribution in [0.5, 0.6) is 0 Å². The van der Waals surface area contributed by atoms with E-state index in [1.54, 1.807) is 0 Å². The predicted octanol–water partition coefficient (Wildman–Crippen LogP) is 2.78. The average molecular weight is 226 g/mol. The van der Waals surface area contributed by atoms with Gasteiger partial charge in [0.15, 0.2) is 0 Å². The van der Waals surface area contributed by atoms with E-state index < -0.39 is 0 Å². The van der Waals surface area contributed by atoms with E-state index in [-0.39, 0.29) is 5.54 Å². The van der Waals surface area contributed by atoms with Gasteiger partial charge >= 0.3 is 0 Å². The monoisotopic (exact) mass is 226 g/mol. The van der Waals surface area contributed by atoms with E-state index in [2.05, 4.69) is 39.9 Å². The van der Waals surface area contributed by atoms with Gasteiger partial charge in [0.1, 0.15) is 0 Å². The molecule has 1 saturated carbocycles. The van der Waals surface area contributed by atoms with E-state index in [1.165, 1.54) is 19.3 Å². The van der Waals surface area contributed by atoms with Crippen molar-refractivity contribution in [3.05, 3.63) is 0 Å². The molecule has 0 bridgehead atoms. The van der Waals surface area contributed by atoms with Crippen molar-refractivity contribution in [2.75, 3.05) is 13.1 Å². The molecular weight excluding hydrogens is 196 g/mol. The minimum Gasteiger partial charge on any atom is -0.329 e. The van der Waals surface area contributed by atoms with Crippen molar-refractivity contribution in [1.82, 2.24) is 5.32 Å². The first-order valence-corrected chi connectivity index (χ1v) is 6.76. The first-order chi connectivity index (χ1) is 7.31. The van der Waals surface area contributed by atoms with Crippen molar-refractivity contribution in [3.63, 3.8) is 0 Å². The van der Waals surface area contributed by atoms with Crippen molar-refractivity contribution < 1.29 is 0 Å². The topological polar surface area (TPSA) is 38.0 Å². The van der Waals surface area contributed by atoms with Crippen LogP contribution in [0.1, 0.15) is 53.9 Å². The molecule has 1 fully saturated rings. The molecule has 0 radical (unpaired) electrons. The van der Waals surface area contributed by atoms with E-state index in [4.69, 9.17) is 5.73 Å². The van der Waals surface area contributed by atoms with Crippen LogP contribution in [0.4, 0.5) is 0 Å². The molecule has 0 aromatic heterocycles. The molecule has 2 atom stereocenters. The maximum atomic E-state index is 6.04. The van der Waals surface area contributed by atoms with Gasteiger partial charge in [0.25, 0.3) is 0 Å². The van der Waals surface area contributed by atoms with Crippen LogP contribution in [0.2, 0.25) is 0 Å². The van der Waals surface area contributed by atoms with Gasteiger partial charge in [-0.05, 0) is 43.1 Å². The van der Waals surface area contributed by atoms with E-state index >= 15 is 0 Å². The zero-order chi connectivity index (χ0) is 12.4. The van der Waals surface area contributed by atoms with Crippen molar-refractivity contribution in [2.24, 2.45) is 23.0 Å². The predicted molar refractivity (Wildman–Crippen MR) is 71.4 cm³/mol. The molecule has 1 rings (SSSR count). The van der Waals surface area contributed by atoms with Gasteiger partial charge in [-0.1, -0.05) is 34.6 Å². The third-order valence-electron chi connectivity index (χ3n) is 4.28. The zero-order valence-electron chi connectivity index (χ0n) is 11.8. The van der Waals surface area contributed by atoms with E-state index in [0.717, 1.165) is 13.1 Å². The lowest BCUT2D eigenvalue weighted by atomic mass is 9.63.